The Morgan fingerprint density at radius 1 is 1.06 bits per heavy atom. The first-order chi connectivity index (χ1) is 15.5. The summed E-state index contributed by atoms with van der Waals surface area (Å²) in [7, 11) is 0. The van der Waals surface area contributed by atoms with Gasteiger partial charge in [0.25, 0.3) is 0 Å². The zero-order valence-electron chi connectivity index (χ0n) is 16.6. The molecule has 0 amide bonds. The van der Waals surface area contributed by atoms with E-state index in [1.54, 1.807) is 36.6 Å². The molecule has 4 N–H and O–H groups in total. The van der Waals surface area contributed by atoms with E-state index in [9.17, 15) is 13.9 Å². The molecule has 4 heterocycles. The highest BCUT2D eigenvalue weighted by atomic mass is 19.1. The first kappa shape index (κ1) is 19.8. The average Bonchev–Trinajstić information content (AvgIpc) is 3.21. The first-order valence-electron chi connectivity index (χ1n) is 9.72. The molecule has 5 rings (SSSR count). The predicted molar refractivity (Wildman–Crippen MR) is 114 cm³/mol. The summed E-state index contributed by atoms with van der Waals surface area (Å²) in [5.74, 6) is -0.282. The van der Waals surface area contributed by atoms with Gasteiger partial charge in [-0.2, -0.15) is 4.52 Å². The van der Waals surface area contributed by atoms with E-state index in [-0.39, 0.29) is 18.2 Å². The van der Waals surface area contributed by atoms with Crippen molar-refractivity contribution in [1.29, 1.82) is 0 Å². The van der Waals surface area contributed by atoms with E-state index in [1.807, 2.05) is 0 Å². The third kappa shape index (κ3) is 3.67. The van der Waals surface area contributed by atoms with Gasteiger partial charge < -0.3 is 16.2 Å². The molecule has 32 heavy (non-hydrogen) atoms. The Bertz CT molecular complexity index is 1360. The number of anilines is 1. The van der Waals surface area contributed by atoms with E-state index in [4.69, 9.17) is 5.73 Å². The maximum atomic E-state index is 13.5. The summed E-state index contributed by atoms with van der Waals surface area (Å²) >= 11 is 0. The molecule has 1 atom stereocenters. The van der Waals surface area contributed by atoms with E-state index < -0.39 is 12.0 Å². The number of nitrogens with zero attached hydrogens (tertiary/aromatic N) is 5. The van der Waals surface area contributed by atoms with E-state index in [0.29, 0.717) is 39.6 Å². The Morgan fingerprint density at radius 3 is 2.53 bits per heavy atom. The fourth-order valence-corrected chi connectivity index (χ4v) is 3.46. The van der Waals surface area contributed by atoms with Crippen LogP contribution in [-0.2, 0) is 6.42 Å². The lowest BCUT2D eigenvalue weighted by Gasteiger charge is -2.17. The number of benzene rings is 1. The molecule has 0 radical (unpaired) electrons. The molecular formula is C22H17F2N7O. The van der Waals surface area contributed by atoms with Crippen molar-refractivity contribution in [2.75, 3.05) is 5.73 Å². The summed E-state index contributed by atoms with van der Waals surface area (Å²) in [6, 6.07) is 8.76. The molecule has 0 saturated heterocycles. The van der Waals surface area contributed by atoms with Crippen LogP contribution in [0.25, 0.3) is 22.5 Å². The van der Waals surface area contributed by atoms with Gasteiger partial charge in [-0.1, -0.05) is 6.08 Å². The number of aliphatic hydroxyl groups excluding tert-OH is 1. The fraction of sp³-hybridized carbons (Fsp3) is 0.0909. The van der Waals surface area contributed by atoms with Crippen molar-refractivity contribution >= 4 is 17.2 Å². The zero-order valence-corrected chi connectivity index (χ0v) is 16.6. The second kappa shape index (κ2) is 7.82. The number of hydrogen-bond donors (Lipinski definition) is 3. The first-order valence-corrected chi connectivity index (χ1v) is 9.72. The second-order valence-corrected chi connectivity index (χ2v) is 7.18. The minimum absolute atomic E-state index is 0.0993. The van der Waals surface area contributed by atoms with E-state index in [0.717, 1.165) is 6.20 Å². The molecule has 1 aliphatic heterocycles. The van der Waals surface area contributed by atoms with Gasteiger partial charge in [-0.25, -0.2) is 18.7 Å². The number of dihydropyridines is 1. The van der Waals surface area contributed by atoms with Gasteiger partial charge in [0, 0.05) is 23.0 Å². The Labute approximate surface area is 180 Å². The number of rotatable bonds is 4. The molecule has 1 aromatic carbocycles. The van der Waals surface area contributed by atoms with Crippen molar-refractivity contribution in [3.8, 4) is 11.3 Å². The van der Waals surface area contributed by atoms with Crippen molar-refractivity contribution < 1.29 is 13.9 Å². The summed E-state index contributed by atoms with van der Waals surface area (Å²) < 4.78 is 28.1. The molecular weight excluding hydrogens is 416 g/mol. The Morgan fingerprint density at radius 2 is 1.84 bits per heavy atom. The predicted octanol–water partition coefficient (Wildman–Crippen LogP) is 2.46. The lowest BCUT2D eigenvalue weighted by atomic mass is 9.99. The second-order valence-electron chi connectivity index (χ2n) is 7.18. The Hall–Kier alpha value is -4.18. The molecule has 3 aromatic heterocycles. The largest absolute Gasteiger partial charge is 0.370 e. The van der Waals surface area contributed by atoms with Crippen molar-refractivity contribution in [3.63, 3.8) is 0 Å². The lowest BCUT2D eigenvalue weighted by molar-refractivity contribution is 0.201. The number of allylic oxidation sites excluding steroid dienone is 2. The number of aromatic nitrogens is 5. The van der Waals surface area contributed by atoms with Crippen LogP contribution in [0.2, 0.25) is 0 Å². The molecule has 1 aliphatic rings. The molecule has 160 valence electrons. The number of aliphatic hydroxyl groups is 1. The van der Waals surface area contributed by atoms with Crippen molar-refractivity contribution in [1.82, 2.24) is 29.9 Å². The lowest BCUT2D eigenvalue weighted by Crippen LogP contribution is -2.23. The highest BCUT2D eigenvalue weighted by molar-refractivity contribution is 5.91. The summed E-state index contributed by atoms with van der Waals surface area (Å²) in [4.78, 5) is 13.2. The average molecular weight is 433 g/mol. The smallest absolute Gasteiger partial charge is 0.223 e. The molecule has 0 spiro atoms. The van der Waals surface area contributed by atoms with Crippen LogP contribution in [-0.4, -0.2) is 35.9 Å². The normalized spacial score (nSPS) is 15.6. The number of hydrogen-bond acceptors (Lipinski definition) is 7. The molecule has 1 unspecified atom stereocenters. The van der Waals surface area contributed by atoms with Gasteiger partial charge in [0.1, 0.15) is 17.9 Å². The van der Waals surface area contributed by atoms with E-state index >= 15 is 0 Å². The molecule has 10 heteroatoms. The Kier molecular flexibility index (Phi) is 4.83. The quantitative estimate of drug-likeness (QED) is 0.453. The van der Waals surface area contributed by atoms with Gasteiger partial charge >= 0.3 is 0 Å². The highest BCUT2D eigenvalue weighted by Gasteiger charge is 2.22. The van der Waals surface area contributed by atoms with Crippen LogP contribution in [0.4, 0.5) is 14.7 Å². The van der Waals surface area contributed by atoms with Crippen LogP contribution < -0.4 is 11.1 Å². The van der Waals surface area contributed by atoms with Crippen LogP contribution in [0.3, 0.4) is 0 Å². The number of fused-ring (bicyclic) bond motifs is 1. The summed E-state index contributed by atoms with van der Waals surface area (Å²) in [6.07, 6.45) is 5.53. The van der Waals surface area contributed by atoms with Crippen molar-refractivity contribution in [2.45, 2.75) is 12.6 Å². The monoisotopic (exact) mass is 433 g/mol. The standard InChI is InChI=1S/C22H17F2N7O/c23-14-4-1-12(2-5-14)20-19(13-3-8-18(32)27-10-13)21-28-17(30-31(21)22(25)29-20)9-16-7-6-15(24)11-26-16/h1-8,10-11,18,27,32H,9H2,(H2,25,29). The fourth-order valence-electron chi connectivity index (χ4n) is 3.46. The number of halogens is 2. The number of pyridine rings is 1. The zero-order chi connectivity index (χ0) is 22.2. The minimum Gasteiger partial charge on any atom is -0.370 e. The van der Waals surface area contributed by atoms with Crippen LogP contribution in [0.15, 0.2) is 60.9 Å². The third-order valence-corrected chi connectivity index (χ3v) is 4.96. The summed E-state index contributed by atoms with van der Waals surface area (Å²) in [6.45, 7) is 0. The number of nitrogen functional groups attached to an aromatic ring is 1. The van der Waals surface area contributed by atoms with Crippen LogP contribution in [0.5, 0.6) is 0 Å². The van der Waals surface area contributed by atoms with Crippen LogP contribution in [0.1, 0.15) is 17.1 Å². The summed E-state index contributed by atoms with van der Waals surface area (Å²) in [5.41, 5.74) is 9.63. The van der Waals surface area contributed by atoms with Crippen LogP contribution >= 0.6 is 0 Å². The molecule has 4 aromatic rings. The van der Waals surface area contributed by atoms with Gasteiger partial charge in [0.2, 0.25) is 5.95 Å². The topological polar surface area (TPSA) is 114 Å². The van der Waals surface area contributed by atoms with Crippen LogP contribution in [0, 0.1) is 11.6 Å². The van der Waals surface area contributed by atoms with Gasteiger partial charge in [0.05, 0.1) is 23.9 Å². The maximum Gasteiger partial charge on any atom is 0.223 e. The molecule has 0 aliphatic carbocycles. The van der Waals surface area contributed by atoms with Gasteiger partial charge in [-0.3, -0.25) is 4.98 Å². The van der Waals surface area contributed by atoms with Gasteiger partial charge in [0.15, 0.2) is 11.5 Å². The van der Waals surface area contributed by atoms with Crippen molar-refractivity contribution in [2.24, 2.45) is 0 Å². The van der Waals surface area contributed by atoms with Crippen molar-refractivity contribution in [3.05, 3.63) is 89.7 Å². The molecule has 0 fully saturated rings. The molecule has 8 nitrogen and oxygen atoms in total. The Balaban J connectivity index is 1.69. The minimum atomic E-state index is -0.816. The summed E-state index contributed by atoms with van der Waals surface area (Å²) in [5, 5.41) is 17.0. The highest BCUT2D eigenvalue weighted by Crippen LogP contribution is 2.33. The molecule has 0 bridgehead atoms. The molecule has 0 saturated carbocycles. The number of nitrogens with two attached hydrogens (primary N) is 1. The van der Waals surface area contributed by atoms with Gasteiger partial charge in [-0.15, -0.1) is 5.10 Å². The third-order valence-electron chi connectivity index (χ3n) is 4.96. The van der Waals surface area contributed by atoms with Gasteiger partial charge in [-0.05, 0) is 42.5 Å². The maximum absolute atomic E-state index is 13.5. The van der Waals surface area contributed by atoms with E-state index in [2.05, 4.69) is 25.4 Å². The number of nitrogens with one attached hydrogen (secondary N) is 1. The SMILES string of the molecule is Nc1nc(-c2ccc(F)cc2)c(C2=CNC(O)C=C2)c2nc(Cc3ccc(F)cn3)nn12. The van der Waals surface area contributed by atoms with E-state index in [1.165, 1.54) is 22.7 Å².